The zero-order valence-electron chi connectivity index (χ0n) is 16.6. The molecule has 0 saturated heterocycles. The minimum absolute atomic E-state index is 0.506. The van der Waals surface area contributed by atoms with Gasteiger partial charge in [-0.3, -0.25) is 14.8 Å². The van der Waals surface area contributed by atoms with Gasteiger partial charge in [0.25, 0.3) is 0 Å². The first-order chi connectivity index (χ1) is 13.1. The van der Waals surface area contributed by atoms with Crippen molar-refractivity contribution in [2.45, 2.75) is 5.54 Å². The van der Waals surface area contributed by atoms with E-state index >= 15 is 0 Å². The molecular formula is C24H28N3+. The van der Waals surface area contributed by atoms with E-state index in [9.17, 15) is 0 Å². The second-order valence-corrected chi connectivity index (χ2v) is 7.09. The molecule has 0 fully saturated rings. The second-order valence-electron chi connectivity index (χ2n) is 7.09. The molecule has 0 aliphatic carbocycles. The molecule has 0 heterocycles. The molecule has 138 valence electrons. The minimum atomic E-state index is -0.506. The zero-order chi connectivity index (χ0) is 19.3. The molecule has 0 aliphatic rings. The van der Waals surface area contributed by atoms with E-state index in [1.54, 1.807) is 0 Å². The van der Waals surface area contributed by atoms with Crippen LogP contribution in [0.3, 0.4) is 0 Å². The number of nitrogens with one attached hydrogen (secondary N) is 1. The van der Waals surface area contributed by atoms with Crippen molar-refractivity contribution in [2.24, 2.45) is 0 Å². The van der Waals surface area contributed by atoms with Crippen molar-refractivity contribution in [2.75, 3.05) is 28.2 Å². The molecule has 3 rings (SSSR count). The summed E-state index contributed by atoms with van der Waals surface area (Å²) in [6.45, 7) is 0. The van der Waals surface area contributed by atoms with Crippen LogP contribution in [0.15, 0.2) is 91.0 Å². The first-order valence-corrected chi connectivity index (χ1v) is 9.22. The van der Waals surface area contributed by atoms with E-state index in [0.717, 1.165) is 5.96 Å². The maximum atomic E-state index is 3.88. The van der Waals surface area contributed by atoms with Crippen molar-refractivity contribution < 1.29 is 4.58 Å². The van der Waals surface area contributed by atoms with Crippen molar-refractivity contribution in [1.29, 1.82) is 0 Å². The maximum absolute atomic E-state index is 3.88. The first kappa shape index (κ1) is 18.7. The van der Waals surface area contributed by atoms with Crippen molar-refractivity contribution in [1.82, 2.24) is 10.2 Å². The number of hydrogen-bond acceptors (Lipinski definition) is 0. The van der Waals surface area contributed by atoms with Crippen LogP contribution >= 0.6 is 0 Å². The standard InChI is InChI=1S/C24H27N3/c1-26(2)23(27(3)4)25-24(20-14-8-5-9-15-20,21-16-10-6-11-17-21)22-18-12-7-13-19-22/h5-19H,1-4H3/p+1. The Hall–Kier alpha value is -3.07. The summed E-state index contributed by atoms with van der Waals surface area (Å²) < 4.78 is 2.11. The number of rotatable bonds is 4. The molecule has 0 radical (unpaired) electrons. The van der Waals surface area contributed by atoms with Crippen LogP contribution in [0, 0.1) is 0 Å². The molecule has 0 amide bonds. The lowest BCUT2D eigenvalue weighted by Gasteiger charge is -2.35. The number of hydrogen-bond donors (Lipinski definition) is 1. The zero-order valence-corrected chi connectivity index (χ0v) is 16.6. The smallest absolute Gasteiger partial charge is 0.270 e. The van der Waals surface area contributed by atoms with E-state index in [-0.39, 0.29) is 0 Å². The Bertz CT molecular complexity index is 784. The molecule has 3 aromatic rings. The van der Waals surface area contributed by atoms with Crippen molar-refractivity contribution >= 4 is 5.96 Å². The van der Waals surface area contributed by atoms with Gasteiger partial charge in [-0.15, -0.1) is 0 Å². The van der Waals surface area contributed by atoms with Crippen LogP contribution in [0.4, 0.5) is 0 Å². The molecule has 3 nitrogen and oxygen atoms in total. The summed E-state index contributed by atoms with van der Waals surface area (Å²) in [5, 5.41) is 3.88. The van der Waals surface area contributed by atoms with Crippen LogP contribution in [-0.4, -0.2) is 43.6 Å². The van der Waals surface area contributed by atoms with E-state index in [1.165, 1.54) is 16.7 Å². The SMILES string of the molecule is CN(C)C(NC(c1ccccc1)(c1ccccc1)c1ccccc1)=[N+](C)C. The van der Waals surface area contributed by atoms with Crippen LogP contribution in [0.2, 0.25) is 0 Å². The van der Waals surface area contributed by atoms with Crippen molar-refractivity contribution in [3.05, 3.63) is 108 Å². The third-order valence-corrected chi connectivity index (χ3v) is 4.77. The highest BCUT2D eigenvalue weighted by Gasteiger charge is 2.41. The molecule has 0 saturated carbocycles. The first-order valence-electron chi connectivity index (χ1n) is 9.22. The molecule has 3 heteroatoms. The van der Waals surface area contributed by atoms with Gasteiger partial charge in [-0.05, 0) is 0 Å². The van der Waals surface area contributed by atoms with Crippen LogP contribution in [0.1, 0.15) is 16.7 Å². The summed E-state index contributed by atoms with van der Waals surface area (Å²) in [5.41, 5.74) is 3.09. The lowest BCUT2D eigenvalue weighted by molar-refractivity contribution is -0.472. The summed E-state index contributed by atoms with van der Waals surface area (Å²) in [5.74, 6) is 1.03. The van der Waals surface area contributed by atoms with Gasteiger partial charge in [0, 0.05) is 16.7 Å². The molecule has 0 aliphatic heterocycles. The fourth-order valence-corrected chi connectivity index (χ4v) is 3.57. The Morgan fingerprint density at radius 2 is 1.00 bits per heavy atom. The molecule has 0 spiro atoms. The number of benzene rings is 3. The fourth-order valence-electron chi connectivity index (χ4n) is 3.57. The minimum Gasteiger partial charge on any atom is -0.270 e. The topological polar surface area (TPSA) is 18.3 Å². The van der Waals surface area contributed by atoms with Gasteiger partial charge in [-0.1, -0.05) is 91.0 Å². The molecular weight excluding hydrogens is 330 g/mol. The van der Waals surface area contributed by atoms with E-state index in [1.807, 2.05) is 0 Å². The summed E-state index contributed by atoms with van der Waals surface area (Å²) in [7, 11) is 8.25. The van der Waals surface area contributed by atoms with Gasteiger partial charge in [-0.2, -0.15) is 0 Å². The molecule has 0 atom stereocenters. The summed E-state index contributed by atoms with van der Waals surface area (Å²) >= 11 is 0. The second kappa shape index (κ2) is 8.09. The van der Waals surface area contributed by atoms with Crippen LogP contribution in [0.5, 0.6) is 0 Å². The van der Waals surface area contributed by atoms with Gasteiger partial charge in [0.15, 0.2) is 5.54 Å². The summed E-state index contributed by atoms with van der Waals surface area (Å²) in [4.78, 5) is 2.11. The third-order valence-electron chi connectivity index (χ3n) is 4.77. The van der Waals surface area contributed by atoms with Crippen molar-refractivity contribution in [3.8, 4) is 0 Å². The van der Waals surface area contributed by atoms with Crippen molar-refractivity contribution in [3.63, 3.8) is 0 Å². The lowest BCUT2D eigenvalue weighted by atomic mass is 9.77. The highest BCUT2D eigenvalue weighted by molar-refractivity contribution is 5.77. The third kappa shape index (κ3) is 3.72. The largest absolute Gasteiger partial charge is 0.348 e. The van der Waals surface area contributed by atoms with Gasteiger partial charge < -0.3 is 0 Å². The average Bonchev–Trinajstić information content (AvgIpc) is 2.70. The van der Waals surface area contributed by atoms with Gasteiger partial charge in [0.1, 0.15) is 0 Å². The average molecular weight is 359 g/mol. The Kier molecular flexibility index (Phi) is 5.60. The fraction of sp³-hybridized carbons (Fsp3) is 0.208. The van der Waals surface area contributed by atoms with Crippen LogP contribution < -0.4 is 5.32 Å². The highest BCUT2D eigenvalue weighted by atomic mass is 15.3. The quantitative estimate of drug-likeness (QED) is 0.331. The Morgan fingerprint density at radius 3 is 1.26 bits per heavy atom. The van der Waals surface area contributed by atoms with Crippen LogP contribution in [-0.2, 0) is 5.54 Å². The molecule has 27 heavy (non-hydrogen) atoms. The van der Waals surface area contributed by atoms with Gasteiger partial charge in [0.05, 0.1) is 28.2 Å². The predicted octanol–water partition coefficient (Wildman–Crippen LogP) is 3.76. The van der Waals surface area contributed by atoms with E-state index in [4.69, 9.17) is 0 Å². The predicted molar refractivity (Wildman–Crippen MR) is 113 cm³/mol. The van der Waals surface area contributed by atoms with Crippen LogP contribution in [0.25, 0.3) is 0 Å². The molecule has 1 N–H and O–H groups in total. The normalized spacial score (nSPS) is 11.0. The van der Waals surface area contributed by atoms with Gasteiger partial charge >= 0.3 is 5.96 Å². The molecule has 0 aromatic heterocycles. The Balaban J connectivity index is 2.34. The summed E-state index contributed by atoms with van der Waals surface area (Å²) in [6, 6.07) is 31.9. The highest BCUT2D eigenvalue weighted by Crippen LogP contribution is 2.36. The lowest BCUT2D eigenvalue weighted by Crippen LogP contribution is -2.54. The molecule has 0 unspecified atom stereocenters. The molecule has 3 aromatic carbocycles. The Morgan fingerprint density at radius 1 is 0.667 bits per heavy atom. The maximum Gasteiger partial charge on any atom is 0.348 e. The molecule has 0 bridgehead atoms. The van der Waals surface area contributed by atoms with Gasteiger partial charge in [-0.25, -0.2) is 0 Å². The summed E-state index contributed by atoms with van der Waals surface area (Å²) in [6.07, 6.45) is 0. The van der Waals surface area contributed by atoms with E-state index in [2.05, 4.69) is 134 Å². The Labute approximate surface area is 162 Å². The van der Waals surface area contributed by atoms with E-state index in [0.29, 0.717) is 0 Å². The van der Waals surface area contributed by atoms with Gasteiger partial charge in [0.2, 0.25) is 0 Å². The number of nitrogens with zero attached hydrogens (tertiary/aromatic N) is 2. The number of guanidine groups is 1. The monoisotopic (exact) mass is 358 g/mol. The van der Waals surface area contributed by atoms with E-state index < -0.39 is 5.54 Å².